The van der Waals surface area contributed by atoms with E-state index in [1.807, 2.05) is 45.0 Å². The first-order valence-electron chi connectivity index (χ1n) is 14.3. The summed E-state index contributed by atoms with van der Waals surface area (Å²) < 4.78 is 12.7. The number of rotatable bonds is 8. The van der Waals surface area contributed by atoms with E-state index in [9.17, 15) is 0 Å². The summed E-state index contributed by atoms with van der Waals surface area (Å²) >= 11 is 0. The summed E-state index contributed by atoms with van der Waals surface area (Å²) in [5.41, 5.74) is 7.03. The zero-order valence-electron chi connectivity index (χ0n) is 24.8. The van der Waals surface area contributed by atoms with E-state index in [1.165, 1.54) is 5.57 Å². The second-order valence-electron chi connectivity index (χ2n) is 9.26. The number of benzene rings is 1. The largest absolute Gasteiger partial charge is 0.494 e. The van der Waals surface area contributed by atoms with Crippen molar-refractivity contribution < 1.29 is 9.15 Å². The second kappa shape index (κ2) is 17.0. The van der Waals surface area contributed by atoms with Gasteiger partial charge in [0.05, 0.1) is 6.61 Å². The van der Waals surface area contributed by atoms with E-state index in [4.69, 9.17) is 14.6 Å². The molecule has 0 saturated carbocycles. The summed E-state index contributed by atoms with van der Waals surface area (Å²) in [6.07, 6.45) is 19.0. The van der Waals surface area contributed by atoms with Gasteiger partial charge in [-0.1, -0.05) is 88.8 Å². The molecule has 4 nitrogen and oxygen atoms in total. The van der Waals surface area contributed by atoms with Crippen molar-refractivity contribution in [1.82, 2.24) is 0 Å². The van der Waals surface area contributed by atoms with Gasteiger partial charge in [-0.05, 0) is 74.6 Å². The number of nitrogens with zero attached hydrogens (tertiary/aromatic N) is 1. The number of furan rings is 1. The first kappa shape index (κ1) is 31.6. The van der Waals surface area contributed by atoms with Gasteiger partial charge in [-0.25, -0.2) is 0 Å². The van der Waals surface area contributed by atoms with Crippen molar-refractivity contribution >= 4 is 24.1 Å². The van der Waals surface area contributed by atoms with Gasteiger partial charge in [0.25, 0.3) is 0 Å². The van der Waals surface area contributed by atoms with Crippen LogP contribution in [0.5, 0.6) is 0 Å². The highest BCUT2D eigenvalue weighted by atomic mass is 16.5. The van der Waals surface area contributed by atoms with Crippen LogP contribution in [0.3, 0.4) is 0 Å². The highest BCUT2D eigenvalue weighted by Gasteiger charge is 2.14. The maximum atomic E-state index is 8.07. The number of fused-ring (bicyclic) bond motifs is 1. The Kier molecular flexibility index (Phi) is 13.8. The summed E-state index contributed by atoms with van der Waals surface area (Å²) in [5, 5.41) is 9.19. The Bertz CT molecular complexity index is 1330. The number of aliphatic imine (C=N–C) groups is 1. The third-order valence-electron chi connectivity index (χ3n) is 6.39. The van der Waals surface area contributed by atoms with E-state index < -0.39 is 0 Å². The maximum Gasteiger partial charge on any atom is 0.142 e. The summed E-state index contributed by atoms with van der Waals surface area (Å²) in [6.45, 7) is 14.2. The molecule has 1 aromatic heterocycles. The van der Waals surface area contributed by atoms with Gasteiger partial charge in [0.15, 0.2) is 0 Å². The molecule has 0 bridgehead atoms. The topological polar surface area (TPSA) is 58.6 Å². The highest BCUT2D eigenvalue weighted by Crippen LogP contribution is 2.25. The van der Waals surface area contributed by atoms with Crippen LogP contribution in [0.15, 0.2) is 87.0 Å². The fourth-order valence-corrected chi connectivity index (χ4v) is 4.24. The van der Waals surface area contributed by atoms with E-state index in [2.05, 4.69) is 68.1 Å². The number of ether oxygens (including phenoxy) is 1. The van der Waals surface area contributed by atoms with E-state index in [-0.39, 0.29) is 0 Å². The number of hydrogen-bond acceptors (Lipinski definition) is 4. The molecule has 2 aromatic rings. The molecule has 4 rings (SSSR count). The fourth-order valence-electron chi connectivity index (χ4n) is 4.24. The van der Waals surface area contributed by atoms with E-state index in [0.29, 0.717) is 5.71 Å². The van der Waals surface area contributed by atoms with Gasteiger partial charge in [0.2, 0.25) is 0 Å². The Labute approximate surface area is 235 Å². The standard InChI is InChI=1S/C31H35NO2.C2H5N.C2H6/c1-4-6-19-33-29-20-25(12-8-7-11-22(29)3)27-14-10-9-13-26-21-30(34-31(26)27)24-17-15-23(16-18-24)28(32)5-2;1-3-2;1-2/h8,10,12-18,20-21,32H,4-7,9,11,19H2,1-3H3;1H2,2H3;1-2H3/b12-8+,25-20+,29-22+,32-28?;;. The minimum Gasteiger partial charge on any atom is -0.494 e. The number of allylic oxidation sites excluding steroid dienone is 7. The van der Waals surface area contributed by atoms with Crippen molar-refractivity contribution in [2.45, 2.75) is 73.1 Å². The molecule has 0 saturated heterocycles. The number of nitrogens with one attached hydrogen (secondary N) is 1. The van der Waals surface area contributed by atoms with Crippen LogP contribution < -0.4 is 10.6 Å². The summed E-state index contributed by atoms with van der Waals surface area (Å²) in [7, 11) is 1.64. The van der Waals surface area contributed by atoms with Crippen molar-refractivity contribution in [2.75, 3.05) is 13.7 Å². The Morgan fingerprint density at radius 3 is 2.49 bits per heavy atom. The average Bonchev–Trinajstić information content (AvgIpc) is 3.28. The molecule has 1 aromatic carbocycles. The molecule has 0 amide bonds. The Balaban J connectivity index is 0.000000998. The molecule has 4 heteroatoms. The molecule has 39 heavy (non-hydrogen) atoms. The van der Waals surface area contributed by atoms with Crippen LogP contribution >= 0.6 is 0 Å². The van der Waals surface area contributed by atoms with Gasteiger partial charge in [0.1, 0.15) is 16.9 Å². The maximum absolute atomic E-state index is 8.07. The van der Waals surface area contributed by atoms with Crippen molar-refractivity contribution in [3.63, 3.8) is 0 Å². The molecule has 0 fully saturated rings. The van der Waals surface area contributed by atoms with Gasteiger partial charge in [-0.3, -0.25) is 0 Å². The first-order valence-corrected chi connectivity index (χ1v) is 14.3. The monoisotopic (exact) mass is 526 g/mol. The van der Waals surface area contributed by atoms with Crippen LogP contribution in [0, 0.1) is 5.41 Å². The lowest BCUT2D eigenvalue weighted by Crippen LogP contribution is -2.21. The average molecular weight is 527 g/mol. The van der Waals surface area contributed by atoms with Gasteiger partial charge in [-0.15, -0.1) is 0 Å². The van der Waals surface area contributed by atoms with Crippen molar-refractivity contribution in [2.24, 2.45) is 4.99 Å². The van der Waals surface area contributed by atoms with Crippen molar-refractivity contribution in [3.05, 3.63) is 93.8 Å². The normalized spacial score (nSPS) is 18.2. The molecule has 0 unspecified atom stereocenters. The van der Waals surface area contributed by atoms with Gasteiger partial charge in [-0.2, -0.15) is 0 Å². The molecule has 2 aliphatic rings. The summed E-state index contributed by atoms with van der Waals surface area (Å²) in [5.74, 6) is 1.84. The number of unbranched alkanes of at least 4 members (excludes halogenated alkanes) is 1. The van der Waals surface area contributed by atoms with E-state index in [0.717, 1.165) is 89.6 Å². The van der Waals surface area contributed by atoms with Crippen LogP contribution in [0.2, 0.25) is 0 Å². The Hall–Kier alpha value is -3.66. The molecule has 0 atom stereocenters. The predicted molar refractivity (Wildman–Crippen MR) is 169 cm³/mol. The molecule has 2 aliphatic carbocycles. The zero-order valence-corrected chi connectivity index (χ0v) is 24.8. The van der Waals surface area contributed by atoms with E-state index in [1.54, 1.807) is 7.05 Å². The second-order valence-corrected chi connectivity index (χ2v) is 9.26. The van der Waals surface area contributed by atoms with Gasteiger partial charge < -0.3 is 19.6 Å². The van der Waals surface area contributed by atoms with Crippen LogP contribution in [0.25, 0.3) is 23.0 Å². The minimum absolute atomic E-state index is 0.652. The predicted octanol–water partition coefficient (Wildman–Crippen LogP) is 8.33. The van der Waals surface area contributed by atoms with E-state index >= 15 is 0 Å². The van der Waals surface area contributed by atoms with Gasteiger partial charge >= 0.3 is 0 Å². The third-order valence-corrected chi connectivity index (χ3v) is 6.39. The van der Waals surface area contributed by atoms with Gasteiger partial charge in [0, 0.05) is 29.1 Å². The fraction of sp³-hybridized carbons (Fsp3) is 0.371. The molecule has 0 spiro atoms. The SMILES string of the molecule is C=NC.CC.CCCCOC1=C(\C)CC/C=C/C(C2=c3oc(-c4ccc(C(=N)CC)cc4)cc3=CCC=C2)=C\1. The first-order chi connectivity index (χ1) is 19.0. The highest BCUT2D eigenvalue weighted by molar-refractivity contribution is 5.98. The van der Waals surface area contributed by atoms with Crippen LogP contribution in [-0.4, -0.2) is 26.1 Å². The third kappa shape index (κ3) is 8.95. The molecule has 0 radical (unpaired) electrons. The summed E-state index contributed by atoms with van der Waals surface area (Å²) in [6, 6.07) is 10.3. The minimum atomic E-state index is 0.652. The smallest absolute Gasteiger partial charge is 0.142 e. The van der Waals surface area contributed by atoms with Crippen LogP contribution in [0.4, 0.5) is 0 Å². The molecular formula is C35H46N2O2. The van der Waals surface area contributed by atoms with Crippen LogP contribution in [-0.2, 0) is 4.74 Å². The van der Waals surface area contributed by atoms with Crippen molar-refractivity contribution in [3.8, 4) is 11.3 Å². The lowest BCUT2D eigenvalue weighted by molar-refractivity contribution is 0.215. The summed E-state index contributed by atoms with van der Waals surface area (Å²) in [4.78, 5) is 3.25. The molecule has 1 N–H and O–H groups in total. The Morgan fingerprint density at radius 2 is 1.82 bits per heavy atom. The van der Waals surface area contributed by atoms with Crippen LogP contribution in [0.1, 0.15) is 78.7 Å². The lowest BCUT2D eigenvalue weighted by atomic mass is 9.98. The molecule has 0 aliphatic heterocycles. The quantitative estimate of drug-likeness (QED) is 0.278. The molecule has 1 heterocycles. The Morgan fingerprint density at radius 1 is 1.10 bits per heavy atom. The molecular weight excluding hydrogens is 480 g/mol. The number of hydrogen-bond donors (Lipinski definition) is 1. The molecule has 208 valence electrons. The zero-order chi connectivity index (χ0) is 28.6. The van der Waals surface area contributed by atoms with Crippen molar-refractivity contribution in [1.29, 1.82) is 5.41 Å². The lowest BCUT2D eigenvalue weighted by Gasteiger charge is -2.14.